The molecule has 1 heterocycles. The van der Waals surface area contributed by atoms with Crippen LogP contribution < -0.4 is 5.32 Å². The summed E-state index contributed by atoms with van der Waals surface area (Å²) in [6.45, 7) is 7.23. The molecule has 1 aromatic rings. The van der Waals surface area contributed by atoms with Crippen LogP contribution in [-0.2, 0) is 14.3 Å². The Hall–Kier alpha value is -2.11. The second-order valence-corrected chi connectivity index (χ2v) is 6.27. The SMILES string of the molecule is C[C@@H]1CC(Nc2ccon2)=CC(=O)[C@H]1C(=O)OC(C)(C)C. The van der Waals surface area contributed by atoms with Crippen molar-refractivity contribution in [2.24, 2.45) is 11.8 Å². The van der Waals surface area contributed by atoms with Crippen molar-refractivity contribution in [2.45, 2.75) is 39.7 Å². The normalized spacial score (nSPS) is 22.7. The van der Waals surface area contributed by atoms with Crippen LogP contribution in [-0.4, -0.2) is 22.5 Å². The number of nitrogens with zero attached hydrogens (tertiary/aromatic N) is 1. The van der Waals surface area contributed by atoms with Gasteiger partial charge < -0.3 is 14.6 Å². The number of nitrogens with one attached hydrogen (secondary N) is 1. The van der Waals surface area contributed by atoms with Gasteiger partial charge in [-0.05, 0) is 33.1 Å². The van der Waals surface area contributed by atoms with Crippen molar-refractivity contribution < 1.29 is 18.8 Å². The van der Waals surface area contributed by atoms with Gasteiger partial charge in [0.25, 0.3) is 0 Å². The summed E-state index contributed by atoms with van der Waals surface area (Å²) in [5.74, 6) is -1.04. The number of allylic oxidation sites excluding steroid dienone is 2. The van der Waals surface area contributed by atoms with E-state index in [4.69, 9.17) is 9.26 Å². The largest absolute Gasteiger partial charge is 0.459 e. The lowest BCUT2D eigenvalue weighted by molar-refractivity contribution is -0.163. The Morgan fingerprint density at radius 1 is 1.48 bits per heavy atom. The molecule has 6 heteroatoms. The predicted molar refractivity (Wildman–Crippen MR) is 76.3 cm³/mol. The zero-order chi connectivity index (χ0) is 15.6. The summed E-state index contributed by atoms with van der Waals surface area (Å²) in [5.41, 5.74) is 0.126. The fourth-order valence-electron chi connectivity index (χ4n) is 2.31. The summed E-state index contributed by atoms with van der Waals surface area (Å²) in [4.78, 5) is 24.3. The molecule has 1 aliphatic carbocycles. The molecular formula is C15H20N2O4. The van der Waals surface area contributed by atoms with Gasteiger partial charge in [0, 0.05) is 17.8 Å². The number of carbonyl (C=O) groups excluding carboxylic acids is 2. The fourth-order valence-corrected chi connectivity index (χ4v) is 2.31. The van der Waals surface area contributed by atoms with E-state index in [0.717, 1.165) is 5.70 Å². The summed E-state index contributed by atoms with van der Waals surface area (Å²) in [7, 11) is 0. The maximum absolute atomic E-state index is 12.2. The minimum absolute atomic E-state index is 0.133. The van der Waals surface area contributed by atoms with Crippen molar-refractivity contribution in [1.82, 2.24) is 5.16 Å². The Labute approximate surface area is 123 Å². The average Bonchev–Trinajstić information content (AvgIpc) is 2.77. The van der Waals surface area contributed by atoms with Gasteiger partial charge in [0.2, 0.25) is 0 Å². The molecule has 1 N–H and O–H groups in total. The minimum Gasteiger partial charge on any atom is -0.459 e. The first kappa shape index (κ1) is 15.3. The van der Waals surface area contributed by atoms with E-state index in [1.165, 1.54) is 12.3 Å². The molecule has 0 bridgehead atoms. The molecule has 0 amide bonds. The number of rotatable bonds is 3. The fraction of sp³-hybridized carbons (Fsp3) is 0.533. The third-order valence-corrected chi connectivity index (χ3v) is 3.12. The molecular weight excluding hydrogens is 272 g/mol. The van der Waals surface area contributed by atoms with E-state index in [1.54, 1.807) is 26.8 Å². The Morgan fingerprint density at radius 2 is 2.19 bits per heavy atom. The molecule has 1 aromatic heterocycles. The highest BCUT2D eigenvalue weighted by atomic mass is 16.6. The van der Waals surface area contributed by atoms with Crippen LogP contribution in [0.5, 0.6) is 0 Å². The lowest BCUT2D eigenvalue weighted by Crippen LogP contribution is -2.38. The maximum atomic E-state index is 12.2. The van der Waals surface area contributed by atoms with Gasteiger partial charge in [-0.3, -0.25) is 9.59 Å². The number of esters is 1. The van der Waals surface area contributed by atoms with E-state index in [0.29, 0.717) is 12.2 Å². The average molecular weight is 292 g/mol. The van der Waals surface area contributed by atoms with Crippen molar-refractivity contribution in [3.63, 3.8) is 0 Å². The van der Waals surface area contributed by atoms with Gasteiger partial charge in [0.15, 0.2) is 11.6 Å². The van der Waals surface area contributed by atoms with Crippen molar-refractivity contribution in [3.8, 4) is 0 Å². The van der Waals surface area contributed by atoms with Gasteiger partial charge in [0.05, 0.1) is 0 Å². The van der Waals surface area contributed by atoms with E-state index in [1.807, 2.05) is 6.92 Å². The first-order chi connectivity index (χ1) is 9.76. The maximum Gasteiger partial charge on any atom is 0.317 e. The standard InChI is InChI=1S/C15H20N2O4/c1-9-7-10(16-12-5-6-20-17-12)8-11(18)13(9)14(19)21-15(2,3)4/h5-6,8-9,13H,7H2,1-4H3,(H,16,17)/t9-,13+/m1/s1. The quantitative estimate of drug-likeness (QED) is 0.681. The monoisotopic (exact) mass is 292 g/mol. The van der Waals surface area contributed by atoms with Gasteiger partial charge in [-0.25, -0.2) is 0 Å². The Kier molecular flexibility index (Phi) is 4.16. The zero-order valence-electron chi connectivity index (χ0n) is 12.7. The Morgan fingerprint density at radius 3 is 2.71 bits per heavy atom. The molecule has 0 radical (unpaired) electrons. The highest BCUT2D eigenvalue weighted by Gasteiger charge is 2.37. The number of aromatic nitrogens is 1. The van der Waals surface area contributed by atoms with Gasteiger partial charge in [-0.1, -0.05) is 12.1 Å². The van der Waals surface area contributed by atoms with Gasteiger partial charge in [-0.2, -0.15) is 0 Å². The van der Waals surface area contributed by atoms with E-state index >= 15 is 0 Å². The van der Waals surface area contributed by atoms with Crippen LogP contribution in [0.15, 0.2) is 28.6 Å². The van der Waals surface area contributed by atoms with Crippen molar-refractivity contribution >= 4 is 17.6 Å². The summed E-state index contributed by atoms with van der Waals surface area (Å²) in [6.07, 6.45) is 3.46. The number of hydrogen-bond donors (Lipinski definition) is 1. The second kappa shape index (κ2) is 5.71. The Balaban J connectivity index is 2.09. The van der Waals surface area contributed by atoms with Gasteiger partial charge in [0.1, 0.15) is 17.8 Å². The first-order valence-corrected chi connectivity index (χ1v) is 6.91. The third-order valence-electron chi connectivity index (χ3n) is 3.12. The highest BCUT2D eigenvalue weighted by Crippen LogP contribution is 2.29. The minimum atomic E-state index is -0.743. The molecule has 0 aliphatic heterocycles. The summed E-state index contributed by atoms with van der Waals surface area (Å²) in [5, 5.41) is 6.75. The topological polar surface area (TPSA) is 81.4 Å². The van der Waals surface area contributed by atoms with Crippen LogP contribution in [0.4, 0.5) is 5.82 Å². The number of ether oxygens (including phenoxy) is 1. The van der Waals surface area contributed by atoms with Crippen LogP contribution >= 0.6 is 0 Å². The molecule has 0 unspecified atom stereocenters. The molecule has 21 heavy (non-hydrogen) atoms. The summed E-state index contributed by atoms with van der Waals surface area (Å²) in [6, 6.07) is 1.66. The molecule has 0 saturated carbocycles. The van der Waals surface area contributed by atoms with E-state index < -0.39 is 17.5 Å². The lowest BCUT2D eigenvalue weighted by Gasteiger charge is -2.29. The van der Waals surface area contributed by atoms with Crippen LogP contribution in [0.1, 0.15) is 34.1 Å². The van der Waals surface area contributed by atoms with Crippen molar-refractivity contribution in [2.75, 3.05) is 5.32 Å². The highest BCUT2D eigenvalue weighted by molar-refractivity contribution is 6.06. The first-order valence-electron chi connectivity index (χ1n) is 6.91. The van der Waals surface area contributed by atoms with E-state index in [-0.39, 0.29) is 11.7 Å². The van der Waals surface area contributed by atoms with Crippen molar-refractivity contribution in [1.29, 1.82) is 0 Å². The number of ketones is 1. The second-order valence-electron chi connectivity index (χ2n) is 6.27. The zero-order valence-corrected chi connectivity index (χ0v) is 12.7. The molecule has 0 aromatic carbocycles. The lowest BCUT2D eigenvalue weighted by atomic mass is 9.82. The van der Waals surface area contributed by atoms with E-state index in [2.05, 4.69) is 10.5 Å². The molecule has 1 aliphatic rings. The molecule has 6 nitrogen and oxygen atoms in total. The van der Waals surface area contributed by atoms with Gasteiger partial charge in [-0.15, -0.1) is 0 Å². The van der Waals surface area contributed by atoms with Crippen LogP contribution in [0.3, 0.4) is 0 Å². The Bertz CT molecular complexity index is 555. The molecule has 2 atom stereocenters. The van der Waals surface area contributed by atoms with Crippen LogP contribution in [0.2, 0.25) is 0 Å². The van der Waals surface area contributed by atoms with E-state index in [9.17, 15) is 9.59 Å². The smallest absolute Gasteiger partial charge is 0.317 e. The molecule has 0 fully saturated rings. The molecule has 114 valence electrons. The summed E-state index contributed by atoms with van der Waals surface area (Å²) < 4.78 is 10.0. The summed E-state index contributed by atoms with van der Waals surface area (Å²) >= 11 is 0. The van der Waals surface area contributed by atoms with Crippen LogP contribution in [0.25, 0.3) is 0 Å². The molecule has 2 rings (SSSR count). The molecule has 0 spiro atoms. The van der Waals surface area contributed by atoms with Crippen LogP contribution in [0, 0.1) is 11.8 Å². The number of hydrogen-bond acceptors (Lipinski definition) is 6. The number of anilines is 1. The van der Waals surface area contributed by atoms with Gasteiger partial charge >= 0.3 is 5.97 Å². The van der Waals surface area contributed by atoms with Crippen molar-refractivity contribution in [3.05, 3.63) is 24.1 Å². The predicted octanol–water partition coefficient (Wildman–Crippen LogP) is 2.54. The number of carbonyl (C=O) groups is 2. The molecule has 0 saturated heterocycles. The third kappa shape index (κ3) is 3.93.